The van der Waals surface area contributed by atoms with Crippen LogP contribution in [0.15, 0.2) is 73.3 Å². The maximum Gasteiger partial charge on any atom is 0.335 e. The number of aliphatic hydroxyl groups is 1. The van der Waals surface area contributed by atoms with Gasteiger partial charge in [0.25, 0.3) is 0 Å². The van der Waals surface area contributed by atoms with Crippen molar-refractivity contribution < 1.29 is 24.1 Å². The summed E-state index contributed by atoms with van der Waals surface area (Å²) in [5.74, 6) is -1.41. The Balaban J connectivity index is 1.63. The molecule has 5 nitrogen and oxygen atoms in total. The summed E-state index contributed by atoms with van der Waals surface area (Å²) in [6, 6.07) is 17.7. The van der Waals surface area contributed by atoms with Crippen molar-refractivity contribution in [3.8, 4) is 11.1 Å². The number of halogens is 2. The first-order chi connectivity index (χ1) is 17.5. The van der Waals surface area contributed by atoms with Crippen LogP contribution in [0.25, 0.3) is 11.1 Å². The fourth-order valence-electron chi connectivity index (χ4n) is 4.25. The Morgan fingerprint density at radius 3 is 2.57 bits per heavy atom. The number of nitrogens with one attached hydrogen (secondary N) is 1. The highest BCUT2D eigenvalue weighted by Gasteiger charge is 2.21. The Morgan fingerprint density at radius 1 is 1.19 bits per heavy atom. The lowest BCUT2D eigenvalue weighted by molar-refractivity contribution is 0.00729. The lowest BCUT2D eigenvalue weighted by Gasteiger charge is -2.28. The van der Waals surface area contributed by atoms with Crippen LogP contribution in [0.4, 0.5) is 4.39 Å². The number of aliphatic hydroxyl groups excluding tert-OH is 1. The molecule has 0 heterocycles. The molecular weight excluding hydrogens is 493 g/mol. The van der Waals surface area contributed by atoms with Gasteiger partial charge in [-0.2, -0.15) is 0 Å². The summed E-state index contributed by atoms with van der Waals surface area (Å²) in [5.41, 5.74) is 3.97. The van der Waals surface area contributed by atoms with Gasteiger partial charge in [0.2, 0.25) is 0 Å². The molecule has 0 aliphatic rings. The molecule has 0 saturated heterocycles. The van der Waals surface area contributed by atoms with Gasteiger partial charge in [0.05, 0.1) is 23.3 Å². The molecule has 0 fully saturated rings. The van der Waals surface area contributed by atoms with E-state index >= 15 is 0 Å². The third-order valence-electron chi connectivity index (χ3n) is 6.16. The van der Waals surface area contributed by atoms with E-state index < -0.39 is 29.5 Å². The zero-order valence-corrected chi connectivity index (χ0v) is 22.1. The molecule has 0 aliphatic carbocycles. The predicted molar refractivity (Wildman–Crippen MR) is 146 cm³/mol. The van der Waals surface area contributed by atoms with Crippen LogP contribution in [0.1, 0.15) is 47.0 Å². The van der Waals surface area contributed by atoms with Gasteiger partial charge in [-0.1, -0.05) is 60.1 Å². The van der Waals surface area contributed by atoms with E-state index in [-0.39, 0.29) is 23.7 Å². The van der Waals surface area contributed by atoms with E-state index in [2.05, 4.69) is 11.9 Å². The molecule has 0 amide bonds. The molecule has 3 aromatic carbocycles. The van der Waals surface area contributed by atoms with E-state index in [9.17, 15) is 19.4 Å². The molecule has 37 heavy (non-hydrogen) atoms. The van der Waals surface area contributed by atoms with E-state index in [4.69, 9.17) is 16.3 Å². The van der Waals surface area contributed by atoms with Gasteiger partial charge in [-0.15, -0.1) is 6.58 Å². The summed E-state index contributed by atoms with van der Waals surface area (Å²) >= 11 is 5.77. The molecule has 0 aromatic heterocycles. The van der Waals surface area contributed by atoms with E-state index in [1.54, 1.807) is 37.3 Å². The zero-order chi connectivity index (χ0) is 27.2. The molecule has 3 aromatic rings. The third kappa shape index (κ3) is 7.73. The number of rotatable bonds is 12. The Labute approximate surface area is 222 Å². The number of carboxylic acids is 1. The third-order valence-corrected chi connectivity index (χ3v) is 6.47. The van der Waals surface area contributed by atoms with Crippen molar-refractivity contribution >= 4 is 17.6 Å². The molecule has 196 valence electrons. The summed E-state index contributed by atoms with van der Waals surface area (Å²) < 4.78 is 19.8. The first-order valence-corrected chi connectivity index (χ1v) is 12.4. The van der Waals surface area contributed by atoms with Crippen LogP contribution in [0.5, 0.6) is 0 Å². The van der Waals surface area contributed by atoms with Crippen molar-refractivity contribution in [2.24, 2.45) is 0 Å². The largest absolute Gasteiger partial charge is 0.478 e. The maximum atomic E-state index is 13.8. The van der Waals surface area contributed by atoms with Gasteiger partial charge in [-0.3, -0.25) is 0 Å². The van der Waals surface area contributed by atoms with Crippen molar-refractivity contribution in [2.45, 2.75) is 44.9 Å². The van der Waals surface area contributed by atoms with Gasteiger partial charge in [0, 0.05) is 12.1 Å². The minimum atomic E-state index is -0.962. The summed E-state index contributed by atoms with van der Waals surface area (Å²) in [5, 5.41) is 23.3. The Bertz CT molecular complexity index is 1260. The molecular formula is C30H33ClFNO4. The first kappa shape index (κ1) is 28.5. The topological polar surface area (TPSA) is 78.8 Å². The Kier molecular flexibility index (Phi) is 9.62. The molecule has 0 aliphatic heterocycles. The van der Waals surface area contributed by atoms with Crippen LogP contribution in [-0.2, 0) is 11.2 Å². The Hall–Kier alpha value is -3.03. The van der Waals surface area contributed by atoms with Gasteiger partial charge >= 0.3 is 5.97 Å². The molecule has 1 unspecified atom stereocenters. The van der Waals surface area contributed by atoms with E-state index in [1.165, 1.54) is 6.07 Å². The monoisotopic (exact) mass is 525 g/mol. The average molecular weight is 526 g/mol. The predicted octanol–water partition coefficient (Wildman–Crippen LogP) is 6.37. The van der Waals surface area contributed by atoms with Crippen LogP contribution >= 0.6 is 11.6 Å². The summed E-state index contributed by atoms with van der Waals surface area (Å²) in [6.45, 7) is 9.99. The quantitative estimate of drug-likeness (QED) is 0.239. The molecule has 0 spiro atoms. The number of ether oxygens (including phenoxy) is 1. The molecule has 7 heteroatoms. The van der Waals surface area contributed by atoms with Crippen LogP contribution in [0.2, 0.25) is 5.02 Å². The summed E-state index contributed by atoms with van der Waals surface area (Å²) in [4.78, 5) is 11.4. The summed E-state index contributed by atoms with van der Waals surface area (Å²) in [7, 11) is 0. The average Bonchev–Trinajstić information content (AvgIpc) is 2.85. The second-order valence-corrected chi connectivity index (χ2v) is 10.2. The number of aryl methyl sites for hydroxylation is 1. The highest BCUT2D eigenvalue weighted by Crippen LogP contribution is 2.32. The molecule has 3 N–H and O–H groups in total. The normalized spacial score (nSPS) is 13.2. The van der Waals surface area contributed by atoms with Gasteiger partial charge in [-0.25, -0.2) is 9.18 Å². The van der Waals surface area contributed by atoms with Crippen molar-refractivity contribution in [2.75, 3.05) is 13.2 Å². The zero-order valence-electron chi connectivity index (χ0n) is 21.3. The van der Waals surface area contributed by atoms with Crippen molar-refractivity contribution in [3.05, 3.63) is 106 Å². The van der Waals surface area contributed by atoms with Gasteiger partial charge in [0.1, 0.15) is 11.9 Å². The maximum absolute atomic E-state index is 13.8. The van der Waals surface area contributed by atoms with Gasteiger partial charge < -0.3 is 20.3 Å². The lowest BCUT2D eigenvalue weighted by atomic mass is 9.93. The number of hydrogen-bond acceptors (Lipinski definition) is 4. The minimum Gasteiger partial charge on any atom is -0.478 e. The van der Waals surface area contributed by atoms with E-state index in [0.29, 0.717) is 12.0 Å². The fourth-order valence-corrected chi connectivity index (χ4v) is 4.37. The van der Waals surface area contributed by atoms with Crippen molar-refractivity contribution in [1.29, 1.82) is 0 Å². The highest BCUT2D eigenvalue weighted by molar-refractivity contribution is 6.30. The molecule has 0 radical (unpaired) electrons. The van der Waals surface area contributed by atoms with E-state index in [1.807, 2.05) is 44.2 Å². The fraction of sp³-hybridized carbons (Fsp3) is 0.300. The van der Waals surface area contributed by atoms with Crippen LogP contribution in [0.3, 0.4) is 0 Å². The number of benzene rings is 3. The first-order valence-electron chi connectivity index (χ1n) is 12.0. The van der Waals surface area contributed by atoms with Crippen LogP contribution in [-0.4, -0.2) is 41.0 Å². The minimum absolute atomic E-state index is 0.0701. The van der Waals surface area contributed by atoms with Crippen molar-refractivity contribution in [1.82, 2.24) is 5.32 Å². The van der Waals surface area contributed by atoms with E-state index in [0.717, 1.165) is 22.3 Å². The lowest BCUT2D eigenvalue weighted by Crippen LogP contribution is -2.46. The second kappa shape index (κ2) is 12.5. The van der Waals surface area contributed by atoms with Crippen LogP contribution < -0.4 is 5.32 Å². The number of β-amino-alcohol motifs (C(OH)–C–C–N with tert-alkyl or cyclic N) is 1. The number of carboxylic acid groups (broad SMARTS) is 1. The number of carbonyl (C=O) groups is 1. The molecule has 3 rings (SSSR count). The van der Waals surface area contributed by atoms with Crippen molar-refractivity contribution in [3.63, 3.8) is 0 Å². The molecule has 2 atom stereocenters. The summed E-state index contributed by atoms with van der Waals surface area (Å²) in [6.07, 6.45) is 0.969. The number of aromatic carboxylic acids is 1. The smallest absolute Gasteiger partial charge is 0.335 e. The van der Waals surface area contributed by atoms with Gasteiger partial charge in [-0.05, 0) is 73.2 Å². The number of hydrogen-bond donors (Lipinski definition) is 3. The highest BCUT2D eigenvalue weighted by atomic mass is 35.5. The van der Waals surface area contributed by atoms with Crippen LogP contribution in [0, 0.1) is 12.7 Å². The molecule has 0 saturated carbocycles. The SMILES string of the molecule is C=CC(OC[C@H](O)CNC(C)(C)Cc1ccc(Cl)c(F)c1)c1ccccc1-c1ccc(C(=O)O)c(C)c1. The second-order valence-electron chi connectivity index (χ2n) is 9.76. The molecule has 0 bridgehead atoms. The Morgan fingerprint density at radius 2 is 1.92 bits per heavy atom. The standard InChI is InChI=1S/C30H33ClFNO4/c1-5-28(25-9-7-6-8-24(25)21-11-12-23(29(35)36)19(2)14-21)37-18-22(34)17-33-30(3,4)16-20-10-13-26(31)27(32)15-20/h5-15,22,28,33-34H,1,16-18H2,2-4H3,(H,35,36)/t22-,28?/m1/s1. The van der Waals surface area contributed by atoms with Gasteiger partial charge in [0.15, 0.2) is 0 Å².